The molecule has 0 aromatic rings. The van der Waals surface area contributed by atoms with Crippen molar-refractivity contribution in [2.24, 2.45) is 59.0 Å². The van der Waals surface area contributed by atoms with Gasteiger partial charge in [-0.15, -0.1) is 0 Å². The molecule has 0 aliphatic rings. The normalized spacial score (nSPS) is 17.4. The Hall–Kier alpha value is -3.16. The Morgan fingerprint density at radius 1 is 0.508 bits per heavy atom. The number of carboxylic acid groups (broad SMARTS) is 1. The molecule has 0 aliphatic carbocycles. The van der Waals surface area contributed by atoms with Crippen molar-refractivity contribution in [3.05, 3.63) is 0 Å². The number of carbonyl (C=O) groups is 8. The standard InChI is InChI=1S/C50H87NO12/c1-18-30(5)38(45(57)27-39(33(8)63-50(15,16)17)43(55)23-34(20-21-46(51)58)40(52)22-31(6)47(59)60)26-44(56)37(29(3)4)25-41(53)35(28-61-48(9,10)11)24-42(54)36(19-2)32(7)62-49(12,13)14/h29-39H,18-28H2,1-17H3,(H2,51,58)(H,59,60). The van der Waals surface area contributed by atoms with Gasteiger partial charge in [0.25, 0.3) is 0 Å². The molecular weight excluding hydrogens is 807 g/mol. The minimum Gasteiger partial charge on any atom is -0.481 e. The highest BCUT2D eigenvalue weighted by molar-refractivity contribution is 5.96. The summed E-state index contributed by atoms with van der Waals surface area (Å²) in [6.45, 7) is 31.2. The Morgan fingerprint density at radius 3 is 1.35 bits per heavy atom. The summed E-state index contributed by atoms with van der Waals surface area (Å²) in [4.78, 5) is 108. The summed E-state index contributed by atoms with van der Waals surface area (Å²) >= 11 is 0. The maximum atomic E-state index is 14.5. The number of rotatable bonds is 32. The number of hydrogen-bond acceptors (Lipinski definition) is 11. The van der Waals surface area contributed by atoms with Crippen molar-refractivity contribution in [1.29, 1.82) is 0 Å². The van der Waals surface area contributed by atoms with Crippen LogP contribution >= 0.6 is 0 Å². The van der Waals surface area contributed by atoms with Crippen molar-refractivity contribution in [1.82, 2.24) is 0 Å². The number of Topliss-reactive ketones (excluding diaryl/α,β-unsaturated/α-hetero) is 6. The number of aliphatic carboxylic acids is 1. The molecular formula is C50H87NO12. The fourth-order valence-electron chi connectivity index (χ4n) is 8.05. The van der Waals surface area contributed by atoms with Crippen molar-refractivity contribution in [3.63, 3.8) is 0 Å². The number of ketones is 6. The van der Waals surface area contributed by atoms with Gasteiger partial charge in [0.05, 0.1) is 47.5 Å². The first-order chi connectivity index (χ1) is 28.6. The highest BCUT2D eigenvalue weighted by atomic mass is 16.5. The Labute approximate surface area is 379 Å². The summed E-state index contributed by atoms with van der Waals surface area (Å²) < 4.78 is 18.4. The van der Waals surface area contributed by atoms with Crippen molar-refractivity contribution >= 4 is 46.6 Å². The third kappa shape index (κ3) is 23.6. The van der Waals surface area contributed by atoms with Crippen LogP contribution in [0.4, 0.5) is 0 Å². The maximum absolute atomic E-state index is 14.5. The number of carboxylic acids is 1. The molecule has 0 saturated heterocycles. The van der Waals surface area contributed by atoms with Gasteiger partial charge < -0.3 is 25.1 Å². The zero-order valence-corrected chi connectivity index (χ0v) is 42.1. The molecule has 0 aromatic heterocycles. The zero-order valence-electron chi connectivity index (χ0n) is 42.1. The lowest BCUT2D eigenvalue weighted by atomic mass is 9.74. The molecule has 13 heteroatoms. The fourth-order valence-corrected chi connectivity index (χ4v) is 8.05. The number of primary amides is 1. The lowest BCUT2D eigenvalue weighted by Gasteiger charge is -2.32. The Morgan fingerprint density at radius 2 is 0.921 bits per heavy atom. The summed E-state index contributed by atoms with van der Waals surface area (Å²) in [7, 11) is 0. The van der Waals surface area contributed by atoms with E-state index in [0.717, 1.165) is 0 Å². The largest absolute Gasteiger partial charge is 0.481 e. The van der Waals surface area contributed by atoms with Crippen molar-refractivity contribution in [2.45, 2.75) is 211 Å². The second-order valence-corrected chi connectivity index (χ2v) is 21.4. The van der Waals surface area contributed by atoms with Crippen LogP contribution in [0.15, 0.2) is 0 Å². The van der Waals surface area contributed by atoms with Gasteiger partial charge in [-0.3, -0.25) is 38.4 Å². The van der Waals surface area contributed by atoms with Crippen LogP contribution in [0.1, 0.15) is 182 Å². The average molecular weight is 894 g/mol. The number of amides is 1. The first kappa shape index (κ1) is 59.8. The third-order valence-corrected chi connectivity index (χ3v) is 11.9. The number of nitrogens with two attached hydrogens (primary N) is 1. The quantitative estimate of drug-likeness (QED) is 0.0649. The average Bonchev–Trinajstić information content (AvgIpc) is 3.12. The molecule has 0 bridgehead atoms. The molecule has 63 heavy (non-hydrogen) atoms. The van der Waals surface area contributed by atoms with Crippen molar-refractivity contribution in [3.8, 4) is 0 Å². The van der Waals surface area contributed by atoms with Crippen LogP contribution in [0.2, 0.25) is 0 Å². The molecule has 13 nitrogen and oxygen atoms in total. The molecule has 0 spiro atoms. The van der Waals surface area contributed by atoms with Crippen LogP contribution in [0.25, 0.3) is 0 Å². The topological polar surface area (TPSA) is 210 Å². The van der Waals surface area contributed by atoms with Gasteiger partial charge >= 0.3 is 5.97 Å². The predicted octanol–water partition coefficient (Wildman–Crippen LogP) is 8.76. The van der Waals surface area contributed by atoms with Crippen molar-refractivity contribution < 1.29 is 57.7 Å². The van der Waals surface area contributed by atoms with Crippen LogP contribution < -0.4 is 5.73 Å². The fraction of sp³-hybridized carbons (Fsp3) is 0.840. The van der Waals surface area contributed by atoms with E-state index in [2.05, 4.69) is 0 Å². The zero-order chi connectivity index (χ0) is 49.4. The molecule has 0 fully saturated rings. The van der Waals surface area contributed by atoms with Crippen LogP contribution in [0, 0.1) is 53.3 Å². The molecule has 10 atom stereocenters. The highest BCUT2D eigenvalue weighted by Gasteiger charge is 2.40. The summed E-state index contributed by atoms with van der Waals surface area (Å²) in [6, 6.07) is 0. The number of ether oxygens (including phenoxy) is 3. The van der Waals surface area contributed by atoms with E-state index in [1.54, 1.807) is 6.92 Å². The van der Waals surface area contributed by atoms with E-state index in [-0.39, 0.29) is 99.0 Å². The molecule has 364 valence electrons. The van der Waals surface area contributed by atoms with Crippen LogP contribution in [-0.2, 0) is 52.6 Å². The smallest absolute Gasteiger partial charge is 0.306 e. The minimum atomic E-state index is -1.17. The highest BCUT2D eigenvalue weighted by Crippen LogP contribution is 2.33. The molecule has 0 aliphatic heterocycles. The number of hydrogen-bond donors (Lipinski definition) is 2. The molecule has 0 saturated carbocycles. The van der Waals surface area contributed by atoms with E-state index in [1.165, 1.54) is 6.92 Å². The molecule has 3 N–H and O–H groups in total. The molecule has 1 amide bonds. The maximum Gasteiger partial charge on any atom is 0.306 e. The molecule has 0 rings (SSSR count). The lowest BCUT2D eigenvalue weighted by Crippen LogP contribution is -2.39. The molecule has 10 unspecified atom stereocenters. The van der Waals surface area contributed by atoms with E-state index in [9.17, 15) is 43.5 Å². The summed E-state index contributed by atoms with van der Waals surface area (Å²) in [5.41, 5.74) is 3.63. The molecule has 0 aromatic carbocycles. The van der Waals surface area contributed by atoms with E-state index >= 15 is 0 Å². The lowest BCUT2D eigenvalue weighted by molar-refractivity contribution is -0.145. The van der Waals surface area contributed by atoms with Gasteiger partial charge in [0.15, 0.2) is 0 Å². The second-order valence-electron chi connectivity index (χ2n) is 21.4. The van der Waals surface area contributed by atoms with E-state index in [1.807, 2.05) is 104 Å². The van der Waals surface area contributed by atoms with Crippen LogP contribution in [0.5, 0.6) is 0 Å². The molecule has 0 radical (unpaired) electrons. The van der Waals surface area contributed by atoms with Gasteiger partial charge in [0.1, 0.15) is 34.7 Å². The summed E-state index contributed by atoms with van der Waals surface area (Å²) in [5, 5.41) is 9.43. The van der Waals surface area contributed by atoms with Gasteiger partial charge in [-0.1, -0.05) is 48.0 Å². The first-order valence-electron chi connectivity index (χ1n) is 23.3. The summed E-state index contributed by atoms with van der Waals surface area (Å²) in [6.07, 6.45) is -1.64. The van der Waals surface area contributed by atoms with Gasteiger partial charge in [0.2, 0.25) is 5.91 Å². The Balaban J connectivity index is 6.74. The monoisotopic (exact) mass is 894 g/mol. The van der Waals surface area contributed by atoms with Gasteiger partial charge in [0, 0.05) is 74.5 Å². The van der Waals surface area contributed by atoms with Crippen molar-refractivity contribution in [2.75, 3.05) is 6.61 Å². The predicted molar refractivity (Wildman–Crippen MR) is 245 cm³/mol. The minimum absolute atomic E-state index is 0.00378. The van der Waals surface area contributed by atoms with Gasteiger partial charge in [-0.05, 0) is 101 Å². The van der Waals surface area contributed by atoms with E-state index < -0.39 is 87.8 Å². The van der Waals surface area contributed by atoms with Crippen LogP contribution in [-0.4, -0.2) is 87.3 Å². The van der Waals surface area contributed by atoms with E-state index in [4.69, 9.17) is 19.9 Å². The summed E-state index contributed by atoms with van der Waals surface area (Å²) in [5.74, 6) is -10.1. The Kier molecular flexibility index (Phi) is 25.4. The van der Waals surface area contributed by atoms with Gasteiger partial charge in [-0.2, -0.15) is 0 Å². The second kappa shape index (κ2) is 26.7. The SMILES string of the molecule is CCC(C)C(CC(=O)C(CC(=O)C(COC(C)(C)C)CC(=O)C(CC)C(C)OC(C)(C)C)C(C)C)C(=O)CC(C(=O)CC(CCC(N)=O)C(=O)CC(C)C(=O)O)C(C)OC(C)(C)C. The Bertz CT molecular complexity index is 1530. The van der Waals surface area contributed by atoms with Crippen LogP contribution in [0.3, 0.4) is 0 Å². The third-order valence-electron chi connectivity index (χ3n) is 11.9. The van der Waals surface area contributed by atoms with Gasteiger partial charge in [-0.25, -0.2) is 0 Å². The first-order valence-corrected chi connectivity index (χ1v) is 23.3. The molecule has 0 heterocycles. The number of carbonyl (C=O) groups excluding carboxylic acids is 7. The van der Waals surface area contributed by atoms with E-state index in [0.29, 0.717) is 12.8 Å².